The van der Waals surface area contributed by atoms with Crippen LogP contribution in [0.3, 0.4) is 0 Å². The summed E-state index contributed by atoms with van der Waals surface area (Å²) in [6.07, 6.45) is 2.89. The highest BCUT2D eigenvalue weighted by Crippen LogP contribution is 2.24. The summed E-state index contributed by atoms with van der Waals surface area (Å²) in [4.78, 5) is 29.6. The average molecular weight is 540 g/mol. The number of benzene rings is 3. The van der Waals surface area contributed by atoms with Crippen LogP contribution in [0.15, 0.2) is 71.6 Å². The molecule has 2 unspecified atom stereocenters. The van der Waals surface area contributed by atoms with Crippen molar-refractivity contribution in [3.05, 3.63) is 77.3 Å². The van der Waals surface area contributed by atoms with E-state index in [1.807, 2.05) is 23.1 Å². The lowest BCUT2D eigenvalue weighted by atomic mass is 9.99. The molecule has 2 heterocycles. The Hall–Kier alpha value is -2.94. The number of nitrogens with one attached hydrogen (secondary N) is 1. The Morgan fingerprint density at radius 3 is 2.54 bits per heavy atom. The van der Waals surface area contributed by atoms with E-state index in [0.29, 0.717) is 43.4 Å². The van der Waals surface area contributed by atoms with Gasteiger partial charge in [0.25, 0.3) is 0 Å². The van der Waals surface area contributed by atoms with E-state index in [9.17, 15) is 18.0 Å². The molecule has 0 saturated carbocycles. The third kappa shape index (κ3) is 5.98. The molecule has 3 aromatic carbocycles. The van der Waals surface area contributed by atoms with E-state index >= 15 is 0 Å². The second kappa shape index (κ2) is 10.8. The van der Waals surface area contributed by atoms with Crippen molar-refractivity contribution >= 4 is 44.2 Å². The summed E-state index contributed by atoms with van der Waals surface area (Å²) in [5, 5.41) is 2.15. The molecule has 2 saturated heterocycles. The highest BCUT2D eigenvalue weighted by Gasteiger charge is 2.35. The van der Waals surface area contributed by atoms with Crippen LogP contribution in [0.25, 0.3) is 10.8 Å². The minimum absolute atomic E-state index is 0.0220. The monoisotopic (exact) mass is 539 g/mol. The zero-order chi connectivity index (χ0) is 26.0. The molecule has 37 heavy (non-hydrogen) atoms. The van der Waals surface area contributed by atoms with E-state index in [-0.39, 0.29) is 23.3 Å². The van der Waals surface area contributed by atoms with Crippen LogP contribution < -0.4 is 4.72 Å². The van der Waals surface area contributed by atoms with Crippen LogP contribution in [0, 0.1) is 5.92 Å². The molecule has 2 aliphatic heterocycles. The molecule has 2 atom stereocenters. The van der Waals surface area contributed by atoms with Crippen LogP contribution in [-0.2, 0) is 26.0 Å². The summed E-state index contributed by atoms with van der Waals surface area (Å²) in [5.74, 6) is -0.0302. The number of rotatable bonds is 7. The molecule has 0 aromatic heterocycles. The van der Waals surface area contributed by atoms with Crippen LogP contribution in [0.2, 0.25) is 5.02 Å². The van der Waals surface area contributed by atoms with Crippen molar-refractivity contribution < 1.29 is 18.0 Å². The molecular weight excluding hydrogens is 510 g/mol. The number of hydrogen-bond donors (Lipinski definition) is 1. The van der Waals surface area contributed by atoms with Crippen LogP contribution in [0.5, 0.6) is 0 Å². The SMILES string of the molecule is O=C(CN1CCCC(NS(=O)(=O)c2ccc3cc(Cl)ccc3c2)C1=O)N1CCC(Cc2ccccc2)C1. The Labute approximate surface area is 222 Å². The van der Waals surface area contributed by atoms with Crippen molar-refractivity contribution in [3.8, 4) is 0 Å². The predicted molar refractivity (Wildman–Crippen MR) is 144 cm³/mol. The van der Waals surface area contributed by atoms with Gasteiger partial charge in [0.1, 0.15) is 6.04 Å². The lowest BCUT2D eigenvalue weighted by molar-refractivity contribution is -0.142. The highest BCUT2D eigenvalue weighted by molar-refractivity contribution is 7.89. The Bertz CT molecular complexity index is 1410. The molecule has 5 rings (SSSR count). The van der Waals surface area contributed by atoms with Gasteiger partial charge in [0.05, 0.1) is 11.4 Å². The first-order valence-corrected chi connectivity index (χ1v) is 14.5. The van der Waals surface area contributed by atoms with Crippen molar-refractivity contribution in [2.24, 2.45) is 5.92 Å². The summed E-state index contributed by atoms with van der Waals surface area (Å²) in [6.45, 7) is 1.78. The minimum Gasteiger partial charge on any atom is -0.341 e. The molecule has 0 aliphatic carbocycles. The second-order valence-corrected chi connectivity index (χ2v) is 12.1. The summed E-state index contributed by atoms with van der Waals surface area (Å²) < 4.78 is 28.8. The number of carbonyl (C=O) groups excluding carboxylic acids is 2. The maximum atomic E-state index is 13.2. The number of halogens is 1. The maximum absolute atomic E-state index is 13.2. The number of carbonyl (C=O) groups is 2. The molecule has 0 bridgehead atoms. The standard InChI is InChI=1S/C28H30ClN3O4S/c29-24-10-8-23-17-25(11-9-22(23)16-24)37(35,36)30-26-7-4-13-32(28(26)34)19-27(33)31-14-12-21(18-31)15-20-5-2-1-3-6-20/h1-3,5-6,8-11,16-17,21,26,30H,4,7,12-15,18-19H2. The Kier molecular flexibility index (Phi) is 7.51. The van der Waals surface area contributed by atoms with Gasteiger partial charge in [-0.3, -0.25) is 9.59 Å². The molecule has 194 valence electrons. The Balaban J connectivity index is 1.19. The highest BCUT2D eigenvalue weighted by atomic mass is 35.5. The van der Waals surface area contributed by atoms with Gasteiger partial charge in [-0.05, 0) is 72.2 Å². The summed E-state index contributed by atoms with van der Waals surface area (Å²) in [5.41, 5.74) is 1.26. The molecule has 3 aromatic rings. The summed E-state index contributed by atoms with van der Waals surface area (Å²) in [6, 6.07) is 19.4. The van der Waals surface area contributed by atoms with Gasteiger partial charge in [0.2, 0.25) is 21.8 Å². The number of likely N-dealkylation sites (tertiary alicyclic amines) is 2. The molecule has 2 aliphatic rings. The number of sulfonamides is 1. The van der Waals surface area contributed by atoms with E-state index in [1.165, 1.54) is 16.5 Å². The van der Waals surface area contributed by atoms with Crippen LogP contribution >= 0.6 is 11.6 Å². The third-order valence-electron chi connectivity index (χ3n) is 7.24. The van der Waals surface area contributed by atoms with Gasteiger partial charge >= 0.3 is 0 Å². The van der Waals surface area contributed by atoms with Crippen LogP contribution in [0.1, 0.15) is 24.8 Å². The first-order valence-electron chi connectivity index (χ1n) is 12.6. The van der Waals surface area contributed by atoms with Crippen LogP contribution in [-0.4, -0.2) is 62.3 Å². The quantitative estimate of drug-likeness (QED) is 0.494. The molecule has 9 heteroatoms. The van der Waals surface area contributed by atoms with Gasteiger partial charge in [-0.1, -0.05) is 54.1 Å². The number of nitrogens with zero attached hydrogens (tertiary/aromatic N) is 2. The zero-order valence-electron chi connectivity index (χ0n) is 20.5. The minimum atomic E-state index is -3.92. The fourth-order valence-electron chi connectivity index (χ4n) is 5.26. The fraction of sp³-hybridized carbons (Fsp3) is 0.357. The molecule has 2 amide bonds. The topological polar surface area (TPSA) is 86.8 Å². The van der Waals surface area contributed by atoms with Crippen molar-refractivity contribution in [3.63, 3.8) is 0 Å². The van der Waals surface area contributed by atoms with E-state index in [4.69, 9.17) is 11.6 Å². The van der Waals surface area contributed by atoms with Crippen molar-refractivity contribution in [2.45, 2.75) is 36.6 Å². The lowest BCUT2D eigenvalue weighted by Crippen LogP contribution is -2.54. The third-order valence-corrected chi connectivity index (χ3v) is 8.95. The second-order valence-electron chi connectivity index (χ2n) is 9.91. The largest absolute Gasteiger partial charge is 0.341 e. The molecule has 7 nitrogen and oxygen atoms in total. The lowest BCUT2D eigenvalue weighted by Gasteiger charge is -2.33. The Morgan fingerprint density at radius 2 is 1.73 bits per heavy atom. The normalized spacial score (nSPS) is 20.5. The van der Waals surface area contributed by atoms with Gasteiger partial charge < -0.3 is 9.80 Å². The molecule has 0 spiro atoms. The molecule has 1 N–H and O–H groups in total. The van der Waals surface area contributed by atoms with Crippen molar-refractivity contribution in [1.29, 1.82) is 0 Å². The molecule has 2 fully saturated rings. The Morgan fingerprint density at radius 1 is 0.973 bits per heavy atom. The van der Waals surface area contributed by atoms with Gasteiger partial charge in [0, 0.05) is 24.7 Å². The number of fused-ring (bicyclic) bond motifs is 1. The van der Waals surface area contributed by atoms with E-state index in [1.54, 1.807) is 30.3 Å². The predicted octanol–water partition coefficient (Wildman–Crippen LogP) is 3.85. The van der Waals surface area contributed by atoms with E-state index < -0.39 is 16.1 Å². The summed E-state index contributed by atoms with van der Waals surface area (Å²) >= 11 is 6.02. The van der Waals surface area contributed by atoms with Gasteiger partial charge in [-0.2, -0.15) is 4.72 Å². The van der Waals surface area contributed by atoms with Gasteiger partial charge in [-0.25, -0.2) is 8.42 Å². The summed E-state index contributed by atoms with van der Waals surface area (Å²) in [7, 11) is -3.92. The first-order chi connectivity index (χ1) is 17.8. The first kappa shape index (κ1) is 25.7. The molecular formula is C28H30ClN3O4S. The van der Waals surface area contributed by atoms with Crippen molar-refractivity contribution in [1.82, 2.24) is 14.5 Å². The average Bonchev–Trinajstić information content (AvgIpc) is 3.35. The number of piperidine rings is 1. The van der Waals surface area contributed by atoms with Crippen molar-refractivity contribution in [2.75, 3.05) is 26.2 Å². The smallest absolute Gasteiger partial charge is 0.242 e. The zero-order valence-corrected chi connectivity index (χ0v) is 22.0. The number of amides is 2. The molecule has 0 radical (unpaired) electrons. The maximum Gasteiger partial charge on any atom is 0.242 e. The fourth-order valence-corrected chi connectivity index (χ4v) is 6.70. The van der Waals surface area contributed by atoms with E-state index in [0.717, 1.165) is 23.6 Å². The number of hydrogen-bond acceptors (Lipinski definition) is 4. The van der Waals surface area contributed by atoms with Crippen LogP contribution in [0.4, 0.5) is 0 Å². The van der Waals surface area contributed by atoms with Gasteiger partial charge in [-0.15, -0.1) is 0 Å². The van der Waals surface area contributed by atoms with E-state index in [2.05, 4.69) is 16.9 Å². The van der Waals surface area contributed by atoms with Gasteiger partial charge in [0.15, 0.2) is 0 Å².